The van der Waals surface area contributed by atoms with E-state index in [-0.39, 0.29) is 28.5 Å². The van der Waals surface area contributed by atoms with Gasteiger partial charge in [0.1, 0.15) is 11.5 Å². The minimum atomic E-state index is -2.98. The molecular formula is C41H51ClN4O8. The van der Waals surface area contributed by atoms with E-state index < -0.39 is 46.5 Å². The van der Waals surface area contributed by atoms with Crippen molar-refractivity contribution in [2.45, 2.75) is 95.5 Å². The van der Waals surface area contributed by atoms with Crippen LogP contribution in [0.1, 0.15) is 89.2 Å². The van der Waals surface area contributed by atoms with Crippen molar-refractivity contribution in [2.24, 2.45) is 0 Å². The first-order valence-electron chi connectivity index (χ1n) is 17.9. The Balaban J connectivity index is 1.74. The minimum Gasteiger partial charge on any atom is -0.497 e. The quantitative estimate of drug-likeness (QED) is 0.0397. The van der Waals surface area contributed by atoms with Crippen LogP contribution < -0.4 is 20.1 Å². The molecule has 54 heavy (non-hydrogen) atoms. The number of halogens is 1. The first-order chi connectivity index (χ1) is 25.4. The molecule has 3 aromatic rings. The van der Waals surface area contributed by atoms with Gasteiger partial charge in [-0.15, -0.1) is 0 Å². The van der Waals surface area contributed by atoms with Crippen LogP contribution in [0.15, 0.2) is 72.8 Å². The molecule has 1 heterocycles. The number of para-hydroxylation sites is 1. The SMILES string of the molecule is CCC(Oc1ccc(C(C)(C)CC)cc1C(C)(C)CC)C(=O)NC1(OC)C(=O)N(C(Cl)(C(=O)Nc2ccccc2)C(=O)c2ccc(OC)cc2)C(=O)N1C. The molecule has 0 spiro atoms. The van der Waals surface area contributed by atoms with Crippen LogP contribution >= 0.6 is 11.6 Å². The maximum Gasteiger partial charge on any atom is 0.333 e. The number of hydrogen-bond acceptors (Lipinski definition) is 8. The van der Waals surface area contributed by atoms with E-state index in [2.05, 4.69) is 58.2 Å². The number of imide groups is 1. The summed E-state index contributed by atoms with van der Waals surface area (Å²) in [4.78, 5) is 69.2. The van der Waals surface area contributed by atoms with Gasteiger partial charge in [0.15, 0.2) is 6.10 Å². The highest BCUT2D eigenvalue weighted by molar-refractivity contribution is 6.51. The van der Waals surface area contributed by atoms with Gasteiger partial charge in [-0.1, -0.05) is 90.4 Å². The van der Waals surface area contributed by atoms with E-state index in [9.17, 15) is 24.0 Å². The molecule has 0 aromatic heterocycles. The fraction of sp³-hybridized carbons (Fsp3) is 0.439. The van der Waals surface area contributed by atoms with Crippen molar-refractivity contribution in [1.29, 1.82) is 0 Å². The summed E-state index contributed by atoms with van der Waals surface area (Å²) in [5.74, 6) is -5.96. The van der Waals surface area contributed by atoms with Gasteiger partial charge in [0.05, 0.1) is 7.11 Å². The molecule has 2 N–H and O–H groups in total. The molecule has 0 bridgehead atoms. The van der Waals surface area contributed by atoms with E-state index in [0.717, 1.165) is 36.0 Å². The third kappa shape index (κ3) is 7.67. The highest BCUT2D eigenvalue weighted by Crippen LogP contribution is 2.40. The number of Topliss-reactive ketones (excluding diaryl/α,β-unsaturated/α-hetero) is 1. The molecule has 1 aliphatic heterocycles. The third-order valence-electron chi connectivity index (χ3n) is 10.5. The number of anilines is 1. The number of benzene rings is 3. The molecule has 3 atom stereocenters. The molecule has 1 aliphatic rings. The second-order valence-electron chi connectivity index (χ2n) is 14.5. The Labute approximate surface area is 322 Å². The van der Waals surface area contributed by atoms with Gasteiger partial charge >= 0.3 is 17.8 Å². The number of likely N-dealkylation sites (N-methyl/N-ethyl adjacent to an activating group) is 1. The highest BCUT2D eigenvalue weighted by Gasteiger charge is 2.67. The molecule has 1 saturated heterocycles. The molecule has 4 rings (SSSR count). The summed E-state index contributed by atoms with van der Waals surface area (Å²) in [7, 11) is 3.73. The lowest BCUT2D eigenvalue weighted by atomic mass is 9.76. The first kappa shape index (κ1) is 41.8. The van der Waals surface area contributed by atoms with Crippen LogP contribution in [0.2, 0.25) is 0 Å². The average Bonchev–Trinajstić information content (AvgIpc) is 3.36. The topological polar surface area (TPSA) is 144 Å². The molecule has 0 aliphatic carbocycles. The maximum absolute atomic E-state index is 14.6. The summed E-state index contributed by atoms with van der Waals surface area (Å²) in [5.41, 5.74) is 1.78. The molecular weight excluding hydrogens is 712 g/mol. The number of carbonyl (C=O) groups is 5. The van der Waals surface area contributed by atoms with Gasteiger partial charge in [-0.05, 0) is 78.1 Å². The number of urea groups is 1. The molecule has 5 amide bonds. The van der Waals surface area contributed by atoms with Gasteiger partial charge in [0.25, 0.3) is 16.8 Å². The normalized spacial score (nSPS) is 17.8. The molecule has 0 radical (unpaired) electrons. The molecule has 1 fully saturated rings. The van der Waals surface area contributed by atoms with Gasteiger partial charge in [0.2, 0.25) is 5.78 Å². The smallest absolute Gasteiger partial charge is 0.333 e. The van der Waals surface area contributed by atoms with Crippen LogP contribution in [0.25, 0.3) is 0 Å². The van der Waals surface area contributed by atoms with Crippen molar-refractivity contribution in [3.63, 3.8) is 0 Å². The Morgan fingerprint density at radius 1 is 0.870 bits per heavy atom. The number of methoxy groups -OCH3 is 2. The largest absolute Gasteiger partial charge is 0.497 e. The summed E-state index contributed by atoms with van der Waals surface area (Å²) < 4.78 is 17.2. The van der Waals surface area contributed by atoms with E-state index in [1.54, 1.807) is 37.3 Å². The fourth-order valence-electron chi connectivity index (χ4n) is 6.03. The standard InChI is InChI=1S/C41H51ClN4O8/c1-11-31(54-32-24-21-27(38(4,5)12-2)25-30(32)39(6,7)13-3)34(48)44-41(53-10)36(50)46(37(51)45(41)8)40(42,35(49)43-28-17-15-14-16-18-28)33(47)26-19-22-29(52-9)23-20-26/h14-25,31H,11-13H2,1-10H3,(H,43,49)(H,44,48). The number of nitrogens with zero attached hydrogens (tertiary/aromatic N) is 2. The van der Waals surface area contributed by atoms with Crippen LogP contribution in [-0.4, -0.2) is 77.6 Å². The van der Waals surface area contributed by atoms with Crippen LogP contribution in [0, 0.1) is 0 Å². The van der Waals surface area contributed by atoms with Crippen molar-refractivity contribution in [2.75, 3.05) is 26.6 Å². The zero-order valence-corrected chi connectivity index (χ0v) is 33.4. The number of amides is 5. The van der Waals surface area contributed by atoms with Gasteiger partial charge in [0, 0.05) is 31.0 Å². The highest BCUT2D eigenvalue weighted by atomic mass is 35.5. The number of ether oxygens (including phenoxy) is 3. The Morgan fingerprint density at radius 3 is 2.02 bits per heavy atom. The Bertz CT molecular complexity index is 1880. The Kier molecular flexibility index (Phi) is 12.5. The van der Waals surface area contributed by atoms with Crippen LogP contribution in [0.5, 0.6) is 11.5 Å². The van der Waals surface area contributed by atoms with Crippen molar-refractivity contribution in [1.82, 2.24) is 15.1 Å². The lowest BCUT2D eigenvalue weighted by Crippen LogP contribution is -2.66. The van der Waals surface area contributed by atoms with E-state index in [4.69, 9.17) is 25.8 Å². The van der Waals surface area contributed by atoms with Crippen LogP contribution in [0.3, 0.4) is 0 Å². The van der Waals surface area contributed by atoms with Crippen molar-refractivity contribution >= 4 is 46.8 Å². The maximum atomic E-state index is 14.6. The zero-order chi connectivity index (χ0) is 40.2. The van der Waals surface area contributed by atoms with Gasteiger partial charge in [-0.3, -0.25) is 29.4 Å². The monoisotopic (exact) mass is 762 g/mol. The average molecular weight is 763 g/mol. The van der Waals surface area contributed by atoms with Gasteiger partial charge in [-0.2, -0.15) is 0 Å². The third-order valence-corrected chi connectivity index (χ3v) is 11.0. The lowest BCUT2D eigenvalue weighted by molar-refractivity contribution is -0.172. The number of hydrogen-bond donors (Lipinski definition) is 2. The minimum absolute atomic E-state index is 0.0975. The van der Waals surface area contributed by atoms with Crippen LogP contribution in [0.4, 0.5) is 10.5 Å². The first-order valence-corrected chi connectivity index (χ1v) is 18.3. The molecule has 3 unspecified atom stereocenters. The van der Waals surface area contributed by atoms with E-state index in [1.807, 2.05) is 12.1 Å². The van der Waals surface area contributed by atoms with E-state index in [0.29, 0.717) is 16.4 Å². The van der Waals surface area contributed by atoms with Crippen molar-refractivity contribution in [3.05, 3.63) is 89.5 Å². The predicted molar refractivity (Wildman–Crippen MR) is 207 cm³/mol. The number of alkyl halides is 1. The Hall–Kier alpha value is -4.94. The number of carbonyl (C=O) groups excluding carboxylic acids is 5. The van der Waals surface area contributed by atoms with Gasteiger partial charge < -0.3 is 19.5 Å². The second-order valence-corrected chi connectivity index (χ2v) is 15.1. The molecule has 13 heteroatoms. The number of nitrogens with one attached hydrogen (secondary N) is 2. The van der Waals surface area contributed by atoms with E-state index in [1.165, 1.54) is 38.4 Å². The van der Waals surface area contributed by atoms with E-state index >= 15 is 0 Å². The molecule has 290 valence electrons. The summed E-state index contributed by atoms with van der Waals surface area (Å²) in [6.45, 7) is 14.5. The van der Waals surface area contributed by atoms with Gasteiger partial charge in [-0.25, -0.2) is 9.69 Å². The molecule has 3 aromatic carbocycles. The second kappa shape index (κ2) is 16.2. The molecule has 0 saturated carbocycles. The summed E-state index contributed by atoms with van der Waals surface area (Å²) in [6, 6.07) is 18.5. The van der Waals surface area contributed by atoms with Crippen LogP contribution in [-0.2, 0) is 30.0 Å². The zero-order valence-electron chi connectivity index (χ0n) is 32.7. The number of rotatable bonds is 16. The summed E-state index contributed by atoms with van der Waals surface area (Å²) >= 11 is 6.98. The molecule has 12 nitrogen and oxygen atoms in total. The Morgan fingerprint density at radius 2 is 1.48 bits per heavy atom. The van der Waals surface area contributed by atoms with Crippen molar-refractivity contribution < 1.29 is 38.2 Å². The predicted octanol–water partition coefficient (Wildman–Crippen LogP) is 6.99. The summed E-state index contributed by atoms with van der Waals surface area (Å²) in [6.07, 6.45) is 0.727. The number of ketones is 1. The lowest BCUT2D eigenvalue weighted by Gasteiger charge is -2.34. The fourth-order valence-corrected chi connectivity index (χ4v) is 6.33. The summed E-state index contributed by atoms with van der Waals surface area (Å²) in [5, 5.41) is 5.09. The van der Waals surface area contributed by atoms with Crippen molar-refractivity contribution in [3.8, 4) is 11.5 Å².